The molecule has 1 heterocycles. The minimum absolute atomic E-state index is 0.0972. The zero-order valence-corrected chi connectivity index (χ0v) is 17.4. The zero-order chi connectivity index (χ0) is 20.3. The smallest absolute Gasteiger partial charge is 0.284 e. The summed E-state index contributed by atoms with van der Waals surface area (Å²) >= 11 is 1.05. The minimum Gasteiger partial charge on any atom is -0.497 e. The second-order valence-electron chi connectivity index (χ2n) is 6.10. The van der Waals surface area contributed by atoms with Crippen LogP contribution in [0.3, 0.4) is 0 Å². The highest BCUT2D eigenvalue weighted by Crippen LogP contribution is 2.34. The van der Waals surface area contributed by atoms with Crippen molar-refractivity contribution in [1.29, 1.82) is 0 Å². The number of amidine groups is 1. The van der Waals surface area contributed by atoms with Gasteiger partial charge in [-0.15, -0.1) is 4.40 Å². The van der Waals surface area contributed by atoms with Crippen molar-refractivity contribution in [3.63, 3.8) is 0 Å². The Bertz CT molecular complexity index is 1060. The number of amides is 1. The van der Waals surface area contributed by atoms with Gasteiger partial charge in [-0.1, -0.05) is 29.8 Å². The lowest BCUT2D eigenvalue weighted by atomic mass is 10.2. The van der Waals surface area contributed by atoms with Gasteiger partial charge in [-0.3, -0.25) is 9.69 Å². The molecule has 1 aliphatic rings. The summed E-state index contributed by atoms with van der Waals surface area (Å²) in [5, 5.41) is 0.155. The molecule has 0 N–H and O–H groups in total. The highest BCUT2D eigenvalue weighted by Gasteiger charge is 2.34. The predicted octanol–water partition coefficient (Wildman–Crippen LogP) is 3.68. The molecule has 0 saturated carbocycles. The van der Waals surface area contributed by atoms with Crippen molar-refractivity contribution < 1.29 is 17.9 Å². The van der Waals surface area contributed by atoms with Crippen LogP contribution in [0, 0.1) is 6.92 Å². The van der Waals surface area contributed by atoms with Gasteiger partial charge in [0.1, 0.15) is 5.75 Å². The third kappa shape index (κ3) is 4.28. The summed E-state index contributed by atoms with van der Waals surface area (Å²) in [7, 11) is -2.34. The summed E-state index contributed by atoms with van der Waals surface area (Å²) in [6, 6.07) is 13.7. The Morgan fingerprint density at radius 2 is 1.89 bits per heavy atom. The van der Waals surface area contributed by atoms with E-state index in [1.165, 1.54) is 17.0 Å². The van der Waals surface area contributed by atoms with Crippen LogP contribution in [0.15, 0.2) is 62.7 Å². The SMILES string of the molecule is CCN1C(=O)/C(=C/c2cccc(OC)c2)S/C1=N/S(=O)(=O)c1ccc(C)cc1. The summed E-state index contributed by atoms with van der Waals surface area (Å²) in [4.78, 5) is 14.6. The van der Waals surface area contributed by atoms with Crippen LogP contribution >= 0.6 is 11.8 Å². The molecule has 0 spiro atoms. The van der Waals surface area contributed by atoms with Crippen molar-refractivity contribution in [2.24, 2.45) is 4.40 Å². The van der Waals surface area contributed by atoms with E-state index >= 15 is 0 Å². The number of rotatable bonds is 5. The van der Waals surface area contributed by atoms with Gasteiger partial charge in [0.05, 0.1) is 16.9 Å². The van der Waals surface area contributed by atoms with Crippen molar-refractivity contribution in [2.75, 3.05) is 13.7 Å². The van der Waals surface area contributed by atoms with Gasteiger partial charge in [0, 0.05) is 6.54 Å². The second kappa shape index (κ2) is 8.20. The first-order valence-electron chi connectivity index (χ1n) is 8.61. The van der Waals surface area contributed by atoms with Gasteiger partial charge in [-0.2, -0.15) is 8.42 Å². The number of nitrogens with zero attached hydrogens (tertiary/aromatic N) is 2. The molecule has 1 saturated heterocycles. The van der Waals surface area contributed by atoms with Crippen LogP contribution in [0.1, 0.15) is 18.1 Å². The van der Waals surface area contributed by atoms with Crippen LogP contribution in [0.25, 0.3) is 6.08 Å². The first-order valence-corrected chi connectivity index (χ1v) is 10.9. The van der Waals surface area contributed by atoms with Crippen LogP contribution < -0.4 is 4.74 Å². The van der Waals surface area contributed by atoms with Gasteiger partial charge in [-0.25, -0.2) is 0 Å². The molecule has 2 aromatic rings. The van der Waals surface area contributed by atoms with E-state index in [1.54, 1.807) is 38.3 Å². The van der Waals surface area contributed by atoms with Crippen LogP contribution in [0.5, 0.6) is 5.75 Å². The van der Waals surface area contributed by atoms with E-state index in [9.17, 15) is 13.2 Å². The monoisotopic (exact) mass is 416 g/mol. The quantitative estimate of drug-likeness (QED) is 0.695. The summed E-state index contributed by atoms with van der Waals surface area (Å²) in [5.41, 5.74) is 1.74. The van der Waals surface area contributed by atoms with E-state index in [0.717, 1.165) is 22.9 Å². The summed E-state index contributed by atoms with van der Waals surface area (Å²) in [6.07, 6.45) is 1.71. The van der Waals surface area contributed by atoms with Crippen LogP contribution in [-0.2, 0) is 14.8 Å². The van der Waals surface area contributed by atoms with Crippen LogP contribution in [0.2, 0.25) is 0 Å². The molecular formula is C20H20N2O4S2. The number of ether oxygens (including phenoxy) is 1. The lowest BCUT2D eigenvalue weighted by Gasteiger charge is -2.12. The van der Waals surface area contributed by atoms with Crippen LogP contribution in [-0.4, -0.2) is 38.0 Å². The zero-order valence-electron chi connectivity index (χ0n) is 15.7. The number of carbonyl (C=O) groups is 1. The molecule has 0 atom stereocenters. The fourth-order valence-corrected chi connectivity index (χ4v) is 4.85. The molecule has 1 fully saturated rings. The Hall–Kier alpha value is -2.58. The molecule has 8 heteroatoms. The van der Waals surface area contributed by atoms with E-state index in [0.29, 0.717) is 17.2 Å². The van der Waals surface area contributed by atoms with Crippen molar-refractivity contribution in [3.8, 4) is 5.75 Å². The number of aryl methyl sites for hydroxylation is 1. The number of benzene rings is 2. The molecule has 3 rings (SSSR count). The Labute approximate surface area is 169 Å². The highest BCUT2D eigenvalue weighted by atomic mass is 32.2. The molecule has 0 aromatic heterocycles. The number of carbonyl (C=O) groups excluding carboxylic acids is 1. The first kappa shape index (κ1) is 20.2. The maximum absolute atomic E-state index is 12.7. The maximum atomic E-state index is 12.7. The lowest BCUT2D eigenvalue weighted by Crippen LogP contribution is -2.29. The summed E-state index contributed by atoms with van der Waals surface area (Å²) < 4.78 is 34.4. The molecule has 2 aromatic carbocycles. The Kier molecular flexibility index (Phi) is 5.90. The molecule has 0 unspecified atom stereocenters. The van der Waals surface area contributed by atoms with Gasteiger partial charge in [0.2, 0.25) is 0 Å². The standard InChI is InChI=1S/C20H20N2O4S2/c1-4-22-19(23)18(13-15-6-5-7-16(12-15)26-3)27-20(22)21-28(24,25)17-10-8-14(2)9-11-17/h5-13H,4H2,1-3H3/b18-13-,21-20+. The third-order valence-electron chi connectivity index (χ3n) is 4.11. The molecule has 28 heavy (non-hydrogen) atoms. The molecule has 0 aliphatic carbocycles. The van der Waals surface area contributed by atoms with Gasteiger partial charge in [0.15, 0.2) is 5.17 Å². The Morgan fingerprint density at radius 3 is 2.54 bits per heavy atom. The van der Waals surface area contributed by atoms with Crippen molar-refractivity contribution in [2.45, 2.75) is 18.7 Å². The fourth-order valence-electron chi connectivity index (χ4n) is 2.60. The molecule has 1 aliphatic heterocycles. The van der Waals surface area contributed by atoms with Gasteiger partial charge in [0.25, 0.3) is 15.9 Å². The average Bonchev–Trinajstić information content (AvgIpc) is 2.95. The molecule has 6 nitrogen and oxygen atoms in total. The topological polar surface area (TPSA) is 76.0 Å². The maximum Gasteiger partial charge on any atom is 0.284 e. The summed E-state index contributed by atoms with van der Waals surface area (Å²) in [5.74, 6) is 0.404. The number of methoxy groups -OCH3 is 1. The molecule has 0 radical (unpaired) electrons. The summed E-state index contributed by atoms with van der Waals surface area (Å²) in [6.45, 7) is 3.98. The highest BCUT2D eigenvalue weighted by molar-refractivity contribution is 8.19. The normalized spacial score (nSPS) is 17.5. The van der Waals surface area contributed by atoms with E-state index in [-0.39, 0.29) is 16.0 Å². The third-order valence-corrected chi connectivity index (χ3v) is 6.52. The van der Waals surface area contributed by atoms with E-state index in [4.69, 9.17) is 4.74 Å². The Balaban J connectivity index is 1.96. The minimum atomic E-state index is -3.91. The molecular weight excluding hydrogens is 396 g/mol. The van der Waals surface area contributed by atoms with E-state index in [2.05, 4.69) is 4.40 Å². The molecule has 146 valence electrons. The number of thioether (sulfide) groups is 1. The number of sulfonamides is 1. The number of hydrogen-bond acceptors (Lipinski definition) is 5. The number of hydrogen-bond donors (Lipinski definition) is 0. The van der Waals surface area contributed by atoms with Crippen molar-refractivity contribution in [3.05, 3.63) is 64.6 Å². The number of likely N-dealkylation sites (N-methyl/N-ethyl adjacent to an activating group) is 1. The lowest BCUT2D eigenvalue weighted by molar-refractivity contribution is -0.122. The van der Waals surface area contributed by atoms with E-state index < -0.39 is 10.0 Å². The van der Waals surface area contributed by atoms with Gasteiger partial charge in [-0.05, 0) is 61.5 Å². The average molecular weight is 417 g/mol. The first-order chi connectivity index (χ1) is 13.3. The Morgan fingerprint density at radius 1 is 1.18 bits per heavy atom. The molecule has 1 amide bonds. The van der Waals surface area contributed by atoms with Crippen molar-refractivity contribution in [1.82, 2.24) is 4.90 Å². The van der Waals surface area contributed by atoms with E-state index in [1.807, 2.05) is 25.1 Å². The second-order valence-corrected chi connectivity index (χ2v) is 8.71. The predicted molar refractivity (Wildman–Crippen MR) is 112 cm³/mol. The van der Waals surface area contributed by atoms with Gasteiger partial charge < -0.3 is 4.74 Å². The molecule has 0 bridgehead atoms. The largest absolute Gasteiger partial charge is 0.497 e. The van der Waals surface area contributed by atoms with Crippen LogP contribution in [0.4, 0.5) is 0 Å². The van der Waals surface area contributed by atoms with Crippen molar-refractivity contribution >= 4 is 38.9 Å². The van der Waals surface area contributed by atoms with Gasteiger partial charge >= 0.3 is 0 Å². The fraction of sp³-hybridized carbons (Fsp3) is 0.200.